The number of halogens is 2. The largest absolute Gasteiger partial charge is 0.265 e. The van der Waals surface area contributed by atoms with Gasteiger partial charge in [-0.3, -0.25) is 9.97 Å². The van der Waals surface area contributed by atoms with Crippen LogP contribution < -0.4 is 0 Å². The monoisotopic (exact) mass is 726 g/mol. The molecule has 3 heterocycles. The topological polar surface area (TPSA) is 39.9 Å². The Morgan fingerprint density at radius 1 is 0.578 bits per heavy atom. The van der Waals surface area contributed by atoms with Crippen LogP contribution in [0.15, 0.2) is 116 Å². The van der Waals surface area contributed by atoms with Gasteiger partial charge in [0.1, 0.15) is 0 Å². The fourth-order valence-electron chi connectivity index (χ4n) is 5.79. The van der Waals surface area contributed by atoms with Crippen molar-refractivity contribution in [1.29, 1.82) is 0 Å². The van der Waals surface area contributed by atoms with E-state index in [1.807, 2.05) is 71.3 Å². The Balaban J connectivity index is 0.000000203. The summed E-state index contributed by atoms with van der Waals surface area (Å²) < 4.78 is 1.92. The second kappa shape index (κ2) is 19.5. The number of nitrogens with zero attached hydrogens (tertiary/aromatic N) is 3. The molecule has 0 radical (unpaired) electrons. The number of benzene rings is 3. The first-order chi connectivity index (χ1) is 21.7. The van der Waals surface area contributed by atoms with Gasteiger partial charge in [0, 0.05) is 24.8 Å². The molecule has 0 amide bonds. The zero-order chi connectivity index (χ0) is 32.6. The first kappa shape index (κ1) is 36.5. The first-order valence-corrected chi connectivity index (χ1v) is 20.6. The van der Waals surface area contributed by atoms with E-state index in [1.165, 1.54) is 57.3 Å². The van der Waals surface area contributed by atoms with Crippen molar-refractivity contribution in [2.24, 2.45) is 0 Å². The van der Waals surface area contributed by atoms with E-state index >= 15 is 0 Å². The average molecular weight is 727 g/mol. The van der Waals surface area contributed by atoms with Gasteiger partial charge < -0.3 is 5.32 Å². The van der Waals surface area contributed by atoms with Crippen LogP contribution in [0, 0.1) is 41.5 Å². The van der Waals surface area contributed by atoms with Gasteiger partial charge in [-0.15, -0.1) is 12.1 Å². The molecule has 3 aromatic carbocycles. The van der Waals surface area contributed by atoms with Gasteiger partial charge >= 0.3 is 73.4 Å². The van der Waals surface area contributed by atoms with Crippen LogP contribution >= 0.6 is 19.4 Å². The van der Waals surface area contributed by atoms with Gasteiger partial charge in [-0.25, -0.2) is 0 Å². The van der Waals surface area contributed by atoms with E-state index in [4.69, 9.17) is 24.7 Å². The van der Waals surface area contributed by atoms with Crippen molar-refractivity contribution < 1.29 is 13.5 Å². The fraction of sp³-hybridized carbons (Fsp3) is 0.256. The molecule has 1 saturated heterocycles. The molecule has 1 aliphatic heterocycles. The minimum atomic E-state index is -1.61. The maximum absolute atomic E-state index is 5.67. The minimum Gasteiger partial charge on any atom is -0.265 e. The van der Waals surface area contributed by atoms with E-state index in [9.17, 15) is 0 Å². The fourth-order valence-corrected chi connectivity index (χ4v) is 7.62. The Bertz CT molecular complexity index is 1410. The van der Waals surface area contributed by atoms with Crippen LogP contribution in [0.3, 0.4) is 0 Å². The van der Waals surface area contributed by atoms with Crippen LogP contribution in [0.1, 0.15) is 75.0 Å². The van der Waals surface area contributed by atoms with Crippen molar-refractivity contribution in [3.8, 4) is 0 Å². The van der Waals surface area contributed by atoms with Crippen LogP contribution in [-0.4, -0.2) is 14.6 Å². The molecule has 2 atom stereocenters. The third kappa shape index (κ3) is 12.7. The molecule has 1 fully saturated rings. The summed E-state index contributed by atoms with van der Waals surface area (Å²) >= 11 is -1.61. The standard InChI is InChI=1S/C22H28N.C7H6.2C5H5N.2ClH.Ru/c1-13-9-15(3)21(16(4)10-13)19-7-8-20(23-19)22-17(5)11-14(2)12-18(22)6;1-7-5-3-2-4-6-7;2*1-2-4-6-5-3-1;;;/h9-12,19-20H,7-8H2,1-6H3;1-6H;2*1-5H;2*1H;/q-1;;;;;;+2/p-2. The third-order valence-corrected chi connectivity index (χ3v) is 9.22. The van der Waals surface area contributed by atoms with E-state index in [2.05, 4.69) is 75.8 Å². The van der Waals surface area contributed by atoms with Crippen molar-refractivity contribution in [2.75, 3.05) is 0 Å². The number of aromatic nitrogens is 2. The van der Waals surface area contributed by atoms with Gasteiger partial charge in [0.05, 0.1) is 0 Å². The second-order valence-corrected chi connectivity index (χ2v) is 16.9. The molecule has 3 nitrogen and oxygen atoms in total. The number of aryl methyl sites for hydroxylation is 6. The SMILES string of the molecule is Cc1cc(C)c(C2CCC(c3c(C)cc(C)cc3C)[N-]2)c(C)c1.[Cl][Ru]([Cl])=[CH]c1ccccc1.c1ccncc1.c1ccncc1. The smallest absolute Gasteiger partial charge is 0.0267 e. The summed E-state index contributed by atoms with van der Waals surface area (Å²) in [6.07, 6.45) is 9.34. The molecule has 0 spiro atoms. The quantitative estimate of drug-likeness (QED) is 0.174. The van der Waals surface area contributed by atoms with Crippen molar-refractivity contribution in [3.05, 3.63) is 171 Å². The summed E-state index contributed by atoms with van der Waals surface area (Å²) in [6, 6.07) is 31.2. The Morgan fingerprint density at radius 3 is 1.22 bits per heavy atom. The third-order valence-electron chi connectivity index (χ3n) is 7.34. The molecule has 0 bridgehead atoms. The predicted molar refractivity (Wildman–Crippen MR) is 191 cm³/mol. The molecule has 6 rings (SSSR count). The van der Waals surface area contributed by atoms with Crippen LogP contribution in [-0.2, 0) is 13.5 Å². The molecule has 0 aliphatic carbocycles. The summed E-state index contributed by atoms with van der Waals surface area (Å²) in [4.78, 5) is 7.57. The maximum atomic E-state index is 5.67. The molecule has 238 valence electrons. The Morgan fingerprint density at radius 2 is 0.933 bits per heavy atom. The van der Waals surface area contributed by atoms with Crippen molar-refractivity contribution in [1.82, 2.24) is 9.97 Å². The second-order valence-electron chi connectivity index (χ2n) is 11.1. The molecule has 5 aromatic rings. The van der Waals surface area contributed by atoms with Crippen molar-refractivity contribution >= 4 is 24.0 Å². The molecule has 0 saturated carbocycles. The minimum absolute atomic E-state index is 0.362. The number of pyridine rings is 2. The van der Waals surface area contributed by atoms with Crippen LogP contribution in [0.2, 0.25) is 0 Å². The van der Waals surface area contributed by atoms with Gasteiger partial charge in [0.15, 0.2) is 0 Å². The predicted octanol–water partition coefficient (Wildman–Crippen LogP) is 11.4. The molecular formula is C39H44Cl2N3Ru-. The molecule has 6 heteroatoms. The van der Waals surface area contributed by atoms with Gasteiger partial charge in [0.2, 0.25) is 0 Å². The van der Waals surface area contributed by atoms with Crippen LogP contribution in [0.4, 0.5) is 0 Å². The van der Waals surface area contributed by atoms with E-state index < -0.39 is 13.5 Å². The number of hydrogen-bond acceptors (Lipinski definition) is 2. The average Bonchev–Trinajstić information content (AvgIpc) is 3.48. The molecule has 45 heavy (non-hydrogen) atoms. The van der Waals surface area contributed by atoms with Gasteiger partial charge in [0.25, 0.3) is 0 Å². The van der Waals surface area contributed by atoms with E-state index in [0.717, 1.165) is 5.56 Å². The molecule has 1 aliphatic rings. The van der Waals surface area contributed by atoms with Crippen molar-refractivity contribution in [2.45, 2.75) is 66.5 Å². The summed E-state index contributed by atoms with van der Waals surface area (Å²) in [6.45, 7) is 13.3. The van der Waals surface area contributed by atoms with Crippen LogP contribution in [0.25, 0.3) is 5.32 Å². The number of rotatable bonds is 3. The molecular weight excluding hydrogens is 682 g/mol. The maximum Gasteiger partial charge on any atom is 0.0267 e. The van der Waals surface area contributed by atoms with Gasteiger partial charge in [-0.2, -0.15) is 0 Å². The van der Waals surface area contributed by atoms with E-state index in [0.29, 0.717) is 12.1 Å². The van der Waals surface area contributed by atoms with Crippen molar-refractivity contribution in [3.63, 3.8) is 0 Å². The van der Waals surface area contributed by atoms with Crippen LogP contribution in [0.5, 0.6) is 0 Å². The normalized spacial score (nSPS) is 15.2. The summed E-state index contributed by atoms with van der Waals surface area (Å²) in [5, 5.41) is 5.23. The zero-order valence-electron chi connectivity index (χ0n) is 27.1. The van der Waals surface area contributed by atoms with E-state index in [-0.39, 0.29) is 0 Å². The molecule has 0 N–H and O–H groups in total. The van der Waals surface area contributed by atoms with Gasteiger partial charge in [-0.1, -0.05) is 71.5 Å². The Kier molecular flexibility index (Phi) is 15.8. The summed E-state index contributed by atoms with van der Waals surface area (Å²) in [7, 11) is 11.3. The summed E-state index contributed by atoms with van der Waals surface area (Å²) in [5.74, 6) is 0. The molecule has 2 aromatic heterocycles. The van der Waals surface area contributed by atoms with Gasteiger partial charge in [-0.05, 0) is 88.1 Å². The number of hydrogen-bond donors (Lipinski definition) is 0. The summed E-state index contributed by atoms with van der Waals surface area (Å²) in [5.41, 5.74) is 12.3. The Hall–Kier alpha value is -3.01. The zero-order valence-corrected chi connectivity index (χ0v) is 30.3. The van der Waals surface area contributed by atoms with E-state index in [1.54, 1.807) is 24.8 Å². The molecule has 2 unspecified atom stereocenters. The Labute approximate surface area is 283 Å². The first-order valence-electron chi connectivity index (χ1n) is 15.1.